The second-order valence-electron chi connectivity index (χ2n) is 3.49. The molecule has 1 aromatic carbocycles. The maximum Gasteiger partial charge on any atom is 0.165 e. The van der Waals surface area contributed by atoms with Crippen molar-refractivity contribution in [3.05, 3.63) is 29.6 Å². The van der Waals surface area contributed by atoms with E-state index in [0.29, 0.717) is 11.8 Å². The first-order valence-corrected chi connectivity index (χ1v) is 4.51. The number of benzene rings is 1. The lowest BCUT2D eigenvalue weighted by Crippen LogP contribution is -2.21. The Morgan fingerprint density at radius 2 is 2.27 bits per heavy atom. The fraction of sp³-hybridized carbons (Fsp3) is 0.364. The summed E-state index contributed by atoms with van der Waals surface area (Å²) in [6.07, 6.45) is 0.529. The van der Waals surface area contributed by atoms with Gasteiger partial charge < -0.3 is 14.6 Å². The molecule has 4 heteroatoms. The monoisotopic (exact) mass is 212 g/mol. The first-order chi connectivity index (χ1) is 7.01. The van der Waals surface area contributed by atoms with Gasteiger partial charge in [-0.3, -0.25) is 0 Å². The number of hydrogen-bond donors (Lipinski definition) is 1. The highest BCUT2D eigenvalue weighted by Gasteiger charge is 2.23. The number of halogens is 1. The molecule has 0 spiro atoms. The fourth-order valence-corrected chi connectivity index (χ4v) is 1.28. The highest BCUT2D eigenvalue weighted by atomic mass is 19.1. The molecule has 3 nitrogen and oxygen atoms in total. The Hall–Kier alpha value is -1.42. The summed E-state index contributed by atoms with van der Waals surface area (Å²) in [6, 6.07) is 4.12. The van der Waals surface area contributed by atoms with E-state index in [9.17, 15) is 14.3 Å². The Bertz CT molecular complexity index is 361. The molecule has 0 radical (unpaired) electrons. The summed E-state index contributed by atoms with van der Waals surface area (Å²) in [5, 5.41) is 9.84. The van der Waals surface area contributed by atoms with Crippen molar-refractivity contribution < 1.29 is 19.0 Å². The number of ether oxygens (including phenoxy) is 1. The number of methoxy groups -OCH3 is 1. The zero-order valence-electron chi connectivity index (χ0n) is 8.66. The summed E-state index contributed by atoms with van der Waals surface area (Å²) < 4.78 is 18.0. The van der Waals surface area contributed by atoms with Crippen molar-refractivity contribution in [3.63, 3.8) is 0 Å². The van der Waals surface area contributed by atoms with Crippen molar-refractivity contribution in [2.24, 2.45) is 0 Å². The number of carbonyl (C=O) groups is 1. The largest absolute Gasteiger partial charge is 0.494 e. The van der Waals surface area contributed by atoms with E-state index in [2.05, 4.69) is 0 Å². The van der Waals surface area contributed by atoms with Crippen molar-refractivity contribution in [3.8, 4) is 5.75 Å². The van der Waals surface area contributed by atoms with E-state index in [1.54, 1.807) is 0 Å². The Labute approximate surface area is 87.5 Å². The van der Waals surface area contributed by atoms with Gasteiger partial charge >= 0.3 is 0 Å². The van der Waals surface area contributed by atoms with Crippen molar-refractivity contribution in [1.82, 2.24) is 0 Å². The molecule has 0 aliphatic rings. The Morgan fingerprint density at radius 1 is 1.60 bits per heavy atom. The number of aliphatic hydroxyl groups is 1. The number of carbonyl (C=O) groups excluding carboxylic acids is 1. The first kappa shape index (κ1) is 11.7. The summed E-state index contributed by atoms with van der Waals surface area (Å²) in [5.41, 5.74) is -0.984. The third-order valence-electron chi connectivity index (χ3n) is 2.25. The van der Waals surface area contributed by atoms with Crippen LogP contribution in [0.15, 0.2) is 18.2 Å². The van der Waals surface area contributed by atoms with Crippen LogP contribution in [0.2, 0.25) is 0 Å². The van der Waals surface area contributed by atoms with Crippen LogP contribution in [0.25, 0.3) is 0 Å². The third-order valence-corrected chi connectivity index (χ3v) is 2.25. The summed E-state index contributed by atoms with van der Waals surface area (Å²) in [5.74, 6) is -0.443. The lowest BCUT2D eigenvalue weighted by molar-refractivity contribution is -0.112. The van der Waals surface area contributed by atoms with Crippen molar-refractivity contribution in [2.45, 2.75) is 18.9 Å². The average molecular weight is 212 g/mol. The van der Waals surface area contributed by atoms with Crippen LogP contribution in [-0.2, 0) is 10.4 Å². The molecule has 0 saturated heterocycles. The van der Waals surface area contributed by atoms with Gasteiger partial charge in [0.15, 0.2) is 11.6 Å². The summed E-state index contributed by atoms with van der Waals surface area (Å²) in [4.78, 5) is 10.3. The molecule has 0 aromatic heterocycles. The van der Waals surface area contributed by atoms with Crippen LogP contribution in [0.1, 0.15) is 18.9 Å². The predicted octanol–water partition coefficient (Wildman–Crippen LogP) is 1.63. The van der Waals surface area contributed by atoms with E-state index in [0.717, 1.165) is 0 Å². The molecule has 82 valence electrons. The SMILES string of the molecule is COc1ccc(C(C)(O)CC=O)cc1F. The number of hydrogen-bond acceptors (Lipinski definition) is 3. The maximum absolute atomic E-state index is 13.3. The number of aldehydes is 1. The van der Waals surface area contributed by atoms with Crippen LogP contribution in [0.5, 0.6) is 5.75 Å². The smallest absolute Gasteiger partial charge is 0.165 e. The molecule has 0 amide bonds. The van der Waals surface area contributed by atoms with E-state index in [-0.39, 0.29) is 12.2 Å². The van der Waals surface area contributed by atoms with Crippen LogP contribution in [0.4, 0.5) is 4.39 Å². The van der Waals surface area contributed by atoms with E-state index < -0.39 is 11.4 Å². The predicted molar refractivity (Wildman–Crippen MR) is 53.2 cm³/mol. The highest BCUT2D eigenvalue weighted by molar-refractivity contribution is 5.52. The lowest BCUT2D eigenvalue weighted by Gasteiger charge is -2.21. The first-order valence-electron chi connectivity index (χ1n) is 4.51. The zero-order valence-corrected chi connectivity index (χ0v) is 8.66. The van der Waals surface area contributed by atoms with Gasteiger partial charge in [0.1, 0.15) is 6.29 Å². The molecule has 0 saturated carbocycles. The molecule has 1 rings (SSSR count). The zero-order chi connectivity index (χ0) is 11.5. The minimum Gasteiger partial charge on any atom is -0.494 e. The third kappa shape index (κ3) is 2.53. The summed E-state index contributed by atoms with van der Waals surface area (Å²) in [7, 11) is 1.36. The molecule has 0 bridgehead atoms. The summed E-state index contributed by atoms with van der Waals surface area (Å²) in [6.45, 7) is 1.46. The van der Waals surface area contributed by atoms with Gasteiger partial charge in [-0.15, -0.1) is 0 Å². The maximum atomic E-state index is 13.3. The minimum atomic E-state index is -1.34. The number of rotatable bonds is 4. The molecule has 0 heterocycles. The molecule has 1 unspecified atom stereocenters. The van der Waals surface area contributed by atoms with Crippen molar-refractivity contribution in [2.75, 3.05) is 7.11 Å². The fourth-order valence-electron chi connectivity index (χ4n) is 1.28. The Morgan fingerprint density at radius 3 is 2.73 bits per heavy atom. The van der Waals surface area contributed by atoms with E-state index in [4.69, 9.17) is 4.74 Å². The lowest BCUT2D eigenvalue weighted by atomic mass is 9.93. The van der Waals surface area contributed by atoms with E-state index in [1.807, 2.05) is 0 Å². The van der Waals surface area contributed by atoms with Crippen molar-refractivity contribution in [1.29, 1.82) is 0 Å². The minimum absolute atomic E-state index is 0.0707. The van der Waals surface area contributed by atoms with Crippen molar-refractivity contribution >= 4 is 6.29 Å². The molecule has 1 N–H and O–H groups in total. The second-order valence-corrected chi connectivity index (χ2v) is 3.49. The van der Waals surface area contributed by atoms with E-state index >= 15 is 0 Å². The Balaban J connectivity index is 3.06. The van der Waals surface area contributed by atoms with Gasteiger partial charge in [0.05, 0.1) is 12.7 Å². The summed E-state index contributed by atoms with van der Waals surface area (Å²) >= 11 is 0. The Kier molecular flexibility index (Phi) is 3.42. The van der Waals surface area contributed by atoms with Gasteiger partial charge in [0.25, 0.3) is 0 Å². The normalized spacial score (nSPS) is 14.4. The van der Waals surface area contributed by atoms with Gasteiger partial charge in [-0.05, 0) is 24.6 Å². The molecule has 1 aromatic rings. The molecule has 15 heavy (non-hydrogen) atoms. The van der Waals surface area contributed by atoms with Crippen LogP contribution in [-0.4, -0.2) is 18.5 Å². The van der Waals surface area contributed by atoms with Crippen LogP contribution >= 0.6 is 0 Å². The van der Waals surface area contributed by atoms with Gasteiger partial charge in [0, 0.05) is 6.42 Å². The van der Waals surface area contributed by atoms with Gasteiger partial charge in [-0.25, -0.2) is 4.39 Å². The van der Waals surface area contributed by atoms with Gasteiger partial charge in [-0.1, -0.05) is 6.07 Å². The molecular formula is C11H13FO3. The molecular weight excluding hydrogens is 199 g/mol. The molecule has 0 aliphatic heterocycles. The second kappa shape index (κ2) is 4.40. The van der Waals surface area contributed by atoms with Crippen LogP contribution in [0.3, 0.4) is 0 Å². The standard InChI is InChI=1S/C11H13FO3/c1-11(14,5-6-13)8-3-4-10(15-2)9(12)7-8/h3-4,6-7,14H,5H2,1-2H3. The van der Waals surface area contributed by atoms with E-state index in [1.165, 1.54) is 32.2 Å². The molecule has 0 aliphatic carbocycles. The van der Waals surface area contributed by atoms with Crippen LogP contribution in [0, 0.1) is 5.82 Å². The highest BCUT2D eigenvalue weighted by Crippen LogP contribution is 2.27. The molecule has 1 atom stereocenters. The average Bonchev–Trinajstić information content (AvgIpc) is 2.17. The topological polar surface area (TPSA) is 46.5 Å². The van der Waals surface area contributed by atoms with Gasteiger partial charge in [-0.2, -0.15) is 0 Å². The quantitative estimate of drug-likeness (QED) is 0.771. The van der Waals surface area contributed by atoms with Gasteiger partial charge in [0.2, 0.25) is 0 Å². The van der Waals surface area contributed by atoms with Crippen LogP contribution < -0.4 is 4.74 Å². The molecule has 0 fully saturated rings.